The van der Waals surface area contributed by atoms with Crippen molar-refractivity contribution in [2.45, 2.75) is 9.92 Å². The number of nitriles is 1. The number of rotatable bonds is 2. The van der Waals surface area contributed by atoms with Crippen LogP contribution in [0, 0.1) is 17.3 Å². The predicted octanol–water partition coefficient (Wildman–Crippen LogP) is 3.11. The zero-order valence-corrected chi connectivity index (χ0v) is 8.54. The van der Waals surface area contributed by atoms with Gasteiger partial charge >= 0.3 is 0 Å². The normalized spacial score (nSPS) is 9.87. The second-order valence-electron chi connectivity index (χ2n) is 2.87. The third kappa shape index (κ3) is 2.20. The fourth-order valence-electron chi connectivity index (χ4n) is 1.15. The van der Waals surface area contributed by atoms with Crippen LogP contribution >= 0.6 is 11.8 Å². The monoisotopic (exact) mass is 218 g/mol. The Balaban J connectivity index is 2.23. The van der Waals surface area contributed by atoms with Gasteiger partial charge in [-0.15, -0.1) is 0 Å². The number of hydrogen-bond donors (Lipinski definition) is 0. The highest BCUT2D eigenvalue weighted by Gasteiger charge is 2.02. The molecule has 0 fully saturated rings. The van der Waals surface area contributed by atoms with Crippen molar-refractivity contribution < 1.29 is 4.39 Å². The Morgan fingerprint density at radius 3 is 2.60 bits per heavy atom. The van der Waals surface area contributed by atoms with E-state index in [9.17, 15) is 4.39 Å². The van der Waals surface area contributed by atoms with Crippen molar-refractivity contribution in [1.29, 1.82) is 5.26 Å². The van der Waals surface area contributed by atoms with E-state index >= 15 is 0 Å². The first-order valence-corrected chi connectivity index (χ1v) is 5.12. The van der Waals surface area contributed by atoms with E-state index in [-0.39, 0.29) is 5.82 Å². The summed E-state index contributed by atoms with van der Waals surface area (Å²) in [5.74, 6) is -0.255. The van der Waals surface area contributed by atoms with Crippen LogP contribution in [-0.2, 0) is 0 Å². The Labute approximate surface area is 91.0 Å². The molecule has 0 aliphatic heterocycles. The van der Waals surface area contributed by atoms with Crippen molar-refractivity contribution in [3.63, 3.8) is 0 Å². The molecule has 2 nitrogen and oxygen atoms in total. The van der Waals surface area contributed by atoms with Crippen molar-refractivity contribution in [1.82, 2.24) is 4.57 Å². The van der Waals surface area contributed by atoms with Gasteiger partial charge in [-0.1, -0.05) is 11.8 Å². The van der Waals surface area contributed by atoms with Crippen LogP contribution in [0.2, 0.25) is 0 Å². The fraction of sp³-hybridized carbons (Fsp3) is 0. The first-order valence-electron chi connectivity index (χ1n) is 4.30. The molecule has 0 aliphatic rings. The minimum absolute atomic E-state index is 0.255. The topological polar surface area (TPSA) is 28.7 Å². The molecule has 74 valence electrons. The van der Waals surface area contributed by atoms with E-state index in [2.05, 4.69) is 0 Å². The third-order valence-corrected chi connectivity index (χ3v) is 2.90. The molecular formula is C11H7FN2S. The van der Waals surface area contributed by atoms with E-state index in [0.717, 1.165) is 9.92 Å². The second-order valence-corrected chi connectivity index (χ2v) is 3.97. The Morgan fingerprint density at radius 1 is 1.20 bits per heavy atom. The molecule has 15 heavy (non-hydrogen) atoms. The lowest BCUT2D eigenvalue weighted by atomic mass is 10.4. The van der Waals surface area contributed by atoms with Gasteiger partial charge in [0.2, 0.25) is 0 Å². The molecule has 0 atom stereocenters. The lowest BCUT2D eigenvalue weighted by Crippen LogP contribution is -1.86. The Kier molecular flexibility index (Phi) is 2.75. The fourth-order valence-corrected chi connectivity index (χ4v) is 2.01. The minimum atomic E-state index is -0.255. The van der Waals surface area contributed by atoms with Gasteiger partial charge in [0.25, 0.3) is 0 Å². The molecule has 4 heteroatoms. The first kappa shape index (κ1) is 9.81. The van der Waals surface area contributed by atoms with Crippen molar-refractivity contribution in [2.24, 2.45) is 0 Å². The zero-order valence-electron chi connectivity index (χ0n) is 7.72. The standard InChI is InChI=1S/C11H7FN2S/c12-9-3-5-10(6-4-9)15-11-2-1-7-14(11)8-13/h1-7H. The average molecular weight is 218 g/mol. The molecule has 0 aliphatic carbocycles. The lowest BCUT2D eigenvalue weighted by Gasteiger charge is -2.00. The molecular weight excluding hydrogens is 211 g/mol. The van der Waals surface area contributed by atoms with Gasteiger partial charge in [-0.2, -0.15) is 5.26 Å². The molecule has 2 rings (SSSR count). The molecule has 0 unspecified atom stereocenters. The van der Waals surface area contributed by atoms with Gasteiger partial charge in [-0.3, -0.25) is 0 Å². The SMILES string of the molecule is N#Cn1cccc1Sc1ccc(F)cc1. The van der Waals surface area contributed by atoms with E-state index in [1.54, 1.807) is 24.4 Å². The van der Waals surface area contributed by atoms with Gasteiger partial charge in [0, 0.05) is 11.1 Å². The van der Waals surface area contributed by atoms with Crippen LogP contribution in [0.15, 0.2) is 52.5 Å². The zero-order chi connectivity index (χ0) is 10.7. The van der Waals surface area contributed by atoms with Crippen LogP contribution < -0.4 is 0 Å². The molecule has 0 saturated heterocycles. The van der Waals surface area contributed by atoms with Gasteiger partial charge in [-0.05, 0) is 36.4 Å². The van der Waals surface area contributed by atoms with E-state index in [1.165, 1.54) is 28.5 Å². The van der Waals surface area contributed by atoms with Crippen molar-refractivity contribution >= 4 is 11.8 Å². The number of nitrogens with zero attached hydrogens (tertiary/aromatic N) is 2. The summed E-state index contributed by atoms with van der Waals surface area (Å²) in [6.07, 6.45) is 3.72. The summed E-state index contributed by atoms with van der Waals surface area (Å²) in [6.45, 7) is 0. The molecule has 0 bridgehead atoms. The number of hydrogen-bond acceptors (Lipinski definition) is 2. The number of benzene rings is 1. The van der Waals surface area contributed by atoms with Crippen molar-refractivity contribution in [3.8, 4) is 6.19 Å². The second kappa shape index (κ2) is 4.20. The molecule has 1 aromatic heterocycles. The molecule has 0 spiro atoms. The van der Waals surface area contributed by atoms with Crippen LogP contribution in [0.4, 0.5) is 4.39 Å². The van der Waals surface area contributed by atoms with Crippen LogP contribution in [0.5, 0.6) is 0 Å². The Bertz CT molecular complexity index is 496. The minimum Gasteiger partial charge on any atom is -0.249 e. The molecule has 0 amide bonds. The quantitative estimate of drug-likeness (QED) is 0.774. The maximum atomic E-state index is 12.6. The average Bonchev–Trinajstić information content (AvgIpc) is 2.69. The molecule has 1 heterocycles. The summed E-state index contributed by atoms with van der Waals surface area (Å²) in [4.78, 5) is 0.909. The first-order chi connectivity index (χ1) is 7.29. The van der Waals surface area contributed by atoms with Gasteiger partial charge in [-0.25, -0.2) is 8.96 Å². The third-order valence-electron chi connectivity index (χ3n) is 1.86. The maximum Gasteiger partial charge on any atom is 0.189 e. The molecule has 1 aromatic carbocycles. The van der Waals surface area contributed by atoms with Gasteiger partial charge in [0.15, 0.2) is 6.19 Å². The molecule has 0 N–H and O–H groups in total. The molecule has 0 radical (unpaired) electrons. The lowest BCUT2D eigenvalue weighted by molar-refractivity contribution is 0.626. The summed E-state index contributed by atoms with van der Waals surface area (Å²) in [5, 5.41) is 9.59. The Morgan fingerprint density at radius 2 is 1.93 bits per heavy atom. The maximum absolute atomic E-state index is 12.6. The van der Waals surface area contributed by atoms with Gasteiger partial charge in [0.05, 0.1) is 5.03 Å². The van der Waals surface area contributed by atoms with Gasteiger partial charge < -0.3 is 0 Å². The molecule has 0 saturated carbocycles. The van der Waals surface area contributed by atoms with Gasteiger partial charge in [0.1, 0.15) is 5.82 Å². The van der Waals surface area contributed by atoms with E-state index < -0.39 is 0 Å². The highest BCUT2D eigenvalue weighted by Crippen LogP contribution is 2.27. The smallest absolute Gasteiger partial charge is 0.189 e. The largest absolute Gasteiger partial charge is 0.249 e. The highest BCUT2D eigenvalue weighted by molar-refractivity contribution is 7.99. The number of aromatic nitrogens is 1. The Hall–Kier alpha value is -1.73. The van der Waals surface area contributed by atoms with Crippen LogP contribution in [0.1, 0.15) is 0 Å². The number of halogens is 1. The van der Waals surface area contributed by atoms with Crippen LogP contribution in [-0.4, -0.2) is 4.57 Å². The summed E-state index contributed by atoms with van der Waals surface area (Å²) >= 11 is 1.43. The predicted molar refractivity (Wildman–Crippen MR) is 56.0 cm³/mol. The van der Waals surface area contributed by atoms with Crippen LogP contribution in [0.25, 0.3) is 0 Å². The highest BCUT2D eigenvalue weighted by atomic mass is 32.2. The van der Waals surface area contributed by atoms with E-state index in [1.807, 2.05) is 12.3 Å². The van der Waals surface area contributed by atoms with Crippen molar-refractivity contribution in [2.75, 3.05) is 0 Å². The van der Waals surface area contributed by atoms with Crippen molar-refractivity contribution in [3.05, 3.63) is 48.4 Å². The summed E-state index contributed by atoms with van der Waals surface area (Å²) in [6, 6.07) is 9.83. The summed E-state index contributed by atoms with van der Waals surface area (Å²) in [5.41, 5.74) is 0. The summed E-state index contributed by atoms with van der Waals surface area (Å²) in [7, 11) is 0. The van der Waals surface area contributed by atoms with E-state index in [4.69, 9.17) is 5.26 Å². The van der Waals surface area contributed by atoms with E-state index in [0.29, 0.717) is 0 Å². The molecule has 2 aromatic rings. The van der Waals surface area contributed by atoms with Crippen LogP contribution in [0.3, 0.4) is 0 Å². The summed E-state index contributed by atoms with van der Waals surface area (Å²) < 4.78 is 14.1.